The second kappa shape index (κ2) is 8.49. The molecule has 0 amide bonds. The molecule has 23 heavy (non-hydrogen) atoms. The molecule has 4 atom stereocenters. The molecule has 0 aromatic heterocycles. The van der Waals surface area contributed by atoms with E-state index in [1.165, 1.54) is 51.4 Å². The van der Waals surface area contributed by atoms with E-state index in [-0.39, 0.29) is 0 Å². The zero-order valence-electron chi connectivity index (χ0n) is 16.6. The van der Waals surface area contributed by atoms with E-state index < -0.39 is 8.40 Å². The van der Waals surface area contributed by atoms with Crippen molar-refractivity contribution in [3.8, 4) is 0 Å². The highest BCUT2D eigenvalue weighted by molar-refractivity contribution is 6.72. The van der Waals surface area contributed by atoms with Crippen LogP contribution in [0.1, 0.15) is 79.1 Å². The van der Waals surface area contributed by atoms with Gasteiger partial charge in [0.15, 0.2) is 8.40 Å². The number of nitrogens with one attached hydrogen (secondary N) is 2. The van der Waals surface area contributed by atoms with Crippen LogP contribution in [0.4, 0.5) is 0 Å². The summed E-state index contributed by atoms with van der Waals surface area (Å²) in [6, 6.07) is 1.50. The Bertz CT molecular complexity index is 322. The molecular weight excluding hydrogens is 296 g/mol. The summed E-state index contributed by atoms with van der Waals surface area (Å²) in [6.45, 7) is 14.7. The summed E-state index contributed by atoms with van der Waals surface area (Å²) in [5.41, 5.74) is 0. The van der Waals surface area contributed by atoms with Gasteiger partial charge in [0.2, 0.25) is 0 Å². The first-order valence-electron chi connectivity index (χ1n) is 10.4. The summed E-state index contributed by atoms with van der Waals surface area (Å²) in [7, 11) is -1.55. The normalized spacial score (nSPS) is 33.4. The highest BCUT2D eigenvalue weighted by Crippen LogP contribution is 2.33. The van der Waals surface area contributed by atoms with Crippen molar-refractivity contribution in [2.45, 2.75) is 104 Å². The predicted molar refractivity (Wildman–Crippen MR) is 105 cm³/mol. The standard InChI is InChI=1S/C20H42N2Si/c1-15(2)17-11-7-9-13-19(17)21-23(5,6)22-20-14-10-8-12-18(20)16(3)4/h15-22H,7-14H2,1-6H3. The molecule has 2 rings (SSSR count). The minimum atomic E-state index is -1.55. The minimum Gasteiger partial charge on any atom is -0.323 e. The van der Waals surface area contributed by atoms with Gasteiger partial charge in [-0.3, -0.25) is 0 Å². The molecule has 0 aromatic rings. The summed E-state index contributed by atoms with van der Waals surface area (Å²) in [5.74, 6) is 3.39. The maximum Gasteiger partial charge on any atom is 0.195 e. The predicted octanol–water partition coefficient (Wildman–Crippen LogP) is 5.30. The highest BCUT2D eigenvalue weighted by Gasteiger charge is 2.36. The summed E-state index contributed by atoms with van der Waals surface area (Å²) >= 11 is 0. The Balaban J connectivity index is 1.96. The van der Waals surface area contributed by atoms with Gasteiger partial charge in [0, 0.05) is 12.1 Å². The molecule has 0 spiro atoms. The van der Waals surface area contributed by atoms with E-state index in [1.54, 1.807) is 0 Å². The third-order valence-electron chi connectivity index (χ3n) is 6.44. The summed E-state index contributed by atoms with van der Waals surface area (Å²) in [5, 5.41) is 0. The second-order valence-electron chi connectivity index (χ2n) is 9.51. The first-order chi connectivity index (χ1) is 10.8. The molecule has 2 saturated carbocycles. The second-order valence-corrected chi connectivity index (χ2v) is 13.3. The monoisotopic (exact) mass is 338 g/mol. The SMILES string of the molecule is CC(C)C1CCCCC1N[Si](C)(C)NC1CCCCC1C(C)C. The average molecular weight is 339 g/mol. The molecule has 2 N–H and O–H groups in total. The van der Waals surface area contributed by atoms with Crippen LogP contribution in [-0.2, 0) is 0 Å². The van der Waals surface area contributed by atoms with E-state index >= 15 is 0 Å². The molecule has 0 heterocycles. The highest BCUT2D eigenvalue weighted by atomic mass is 28.3. The lowest BCUT2D eigenvalue weighted by Crippen LogP contribution is -2.66. The van der Waals surface area contributed by atoms with Gasteiger partial charge < -0.3 is 9.96 Å². The smallest absolute Gasteiger partial charge is 0.195 e. The van der Waals surface area contributed by atoms with Gasteiger partial charge in [0.1, 0.15) is 0 Å². The largest absolute Gasteiger partial charge is 0.323 e. The first-order valence-corrected chi connectivity index (χ1v) is 13.4. The third-order valence-corrected chi connectivity index (χ3v) is 8.63. The Morgan fingerprint density at radius 3 is 1.35 bits per heavy atom. The van der Waals surface area contributed by atoms with Crippen LogP contribution in [-0.4, -0.2) is 20.5 Å². The molecule has 0 saturated heterocycles. The van der Waals surface area contributed by atoms with Gasteiger partial charge in [-0.25, -0.2) is 0 Å². The Hall–Kier alpha value is 0.137. The molecule has 2 nitrogen and oxygen atoms in total. The van der Waals surface area contributed by atoms with Gasteiger partial charge in [-0.1, -0.05) is 53.4 Å². The molecular formula is C20H42N2Si. The van der Waals surface area contributed by atoms with Crippen molar-refractivity contribution in [1.82, 2.24) is 9.96 Å². The zero-order valence-corrected chi connectivity index (χ0v) is 17.6. The lowest BCUT2D eigenvalue weighted by atomic mass is 9.78. The van der Waals surface area contributed by atoms with E-state index in [2.05, 4.69) is 50.8 Å². The molecule has 136 valence electrons. The molecule has 3 heteroatoms. The quantitative estimate of drug-likeness (QED) is 0.642. The number of hydrogen-bond donors (Lipinski definition) is 2. The molecule has 4 unspecified atom stereocenters. The van der Waals surface area contributed by atoms with E-state index in [0.29, 0.717) is 0 Å². The Kier molecular flexibility index (Phi) is 7.18. The molecule has 0 radical (unpaired) electrons. The van der Waals surface area contributed by atoms with E-state index in [9.17, 15) is 0 Å². The summed E-state index contributed by atoms with van der Waals surface area (Å²) in [6.07, 6.45) is 11.4. The average Bonchev–Trinajstić information content (AvgIpc) is 2.47. The Labute approximate surface area is 146 Å². The van der Waals surface area contributed by atoms with E-state index in [0.717, 1.165) is 35.8 Å². The van der Waals surface area contributed by atoms with Crippen molar-refractivity contribution in [2.75, 3.05) is 0 Å². The Morgan fingerprint density at radius 1 is 0.652 bits per heavy atom. The molecule has 0 aromatic carbocycles. The molecule has 0 bridgehead atoms. The minimum absolute atomic E-state index is 0.749. The van der Waals surface area contributed by atoms with Crippen molar-refractivity contribution >= 4 is 8.40 Å². The van der Waals surface area contributed by atoms with Crippen molar-refractivity contribution in [2.24, 2.45) is 23.7 Å². The van der Waals surface area contributed by atoms with Gasteiger partial charge in [-0.15, -0.1) is 0 Å². The fourth-order valence-corrected chi connectivity index (χ4v) is 7.90. The summed E-state index contributed by atoms with van der Waals surface area (Å²) < 4.78 is 0. The zero-order chi connectivity index (χ0) is 17.0. The fourth-order valence-electron chi connectivity index (χ4n) is 5.24. The van der Waals surface area contributed by atoms with Crippen LogP contribution in [0.15, 0.2) is 0 Å². The fraction of sp³-hybridized carbons (Fsp3) is 1.00. The molecule has 2 fully saturated rings. The van der Waals surface area contributed by atoms with Gasteiger partial charge in [0.25, 0.3) is 0 Å². The van der Waals surface area contributed by atoms with Crippen molar-refractivity contribution in [3.63, 3.8) is 0 Å². The van der Waals surface area contributed by atoms with Crippen LogP contribution >= 0.6 is 0 Å². The number of rotatable bonds is 6. The van der Waals surface area contributed by atoms with Crippen LogP contribution in [0, 0.1) is 23.7 Å². The van der Waals surface area contributed by atoms with Gasteiger partial charge in [-0.2, -0.15) is 0 Å². The Morgan fingerprint density at radius 2 is 1.00 bits per heavy atom. The van der Waals surface area contributed by atoms with Crippen molar-refractivity contribution < 1.29 is 0 Å². The number of hydrogen-bond acceptors (Lipinski definition) is 2. The lowest BCUT2D eigenvalue weighted by molar-refractivity contribution is 0.212. The van der Waals surface area contributed by atoms with Gasteiger partial charge >= 0.3 is 0 Å². The van der Waals surface area contributed by atoms with E-state index in [4.69, 9.17) is 0 Å². The molecule has 2 aliphatic rings. The van der Waals surface area contributed by atoms with Gasteiger partial charge in [-0.05, 0) is 62.4 Å². The topological polar surface area (TPSA) is 24.1 Å². The molecule has 0 aliphatic heterocycles. The van der Waals surface area contributed by atoms with Crippen LogP contribution in [0.5, 0.6) is 0 Å². The first kappa shape index (κ1) is 19.5. The summed E-state index contributed by atoms with van der Waals surface area (Å²) in [4.78, 5) is 8.32. The maximum absolute atomic E-state index is 4.16. The van der Waals surface area contributed by atoms with Crippen LogP contribution in [0.2, 0.25) is 13.1 Å². The van der Waals surface area contributed by atoms with Crippen LogP contribution in [0.3, 0.4) is 0 Å². The van der Waals surface area contributed by atoms with Crippen molar-refractivity contribution in [1.29, 1.82) is 0 Å². The maximum atomic E-state index is 4.16. The van der Waals surface area contributed by atoms with Crippen LogP contribution < -0.4 is 9.96 Å². The van der Waals surface area contributed by atoms with Crippen LogP contribution in [0.25, 0.3) is 0 Å². The third kappa shape index (κ3) is 5.57. The molecule has 2 aliphatic carbocycles. The lowest BCUT2D eigenvalue weighted by Gasteiger charge is -2.44. The van der Waals surface area contributed by atoms with Crippen molar-refractivity contribution in [3.05, 3.63) is 0 Å². The van der Waals surface area contributed by atoms with Gasteiger partial charge in [0.05, 0.1) is 0 Å². The van der Waals surface area contributed by atoms with E-state index in [1.807, 2.05) is 0 Å².